The maximum Gasteiger partial charge on any atom is 0.0693 e. The van der Waals surface area contributed by atoms with Gasteiger partial charge in [-0.05, 0) is 57.4 Å². The molecule has 0 saturated heterocycles. The second kappa shape index (κ2) is 4.84. The Kier molecular flexibility index (Phi) is 3.68. The Balaban J connectivity index is 1.70. The number of hydrogen-bond donors (Lipinski definition) is 1. The van der Waals surface area contributed by atoms with Gasteiger partial charge in [0.15, 0.2) is 0 Å². The molecule has 5 atom stereocenters. The van der Waals surface area contributed by atoms with Crippen molar-refractivity contribution in [2.24, 2.45) is 17.8 Å². The fourth-order valence-corrected chi connectivity index (χ4v) is 3.33. The number of fused-ring (bicyclic) bond motifs is 2. The maximum absolute atomic E-state index is 5.33. The maximum atomic E-state index is 5.33. The summed E-state index contributed by atoms with van der Waals surface area (Å²) >= 11 is 0. The summed E-state index contributed by atoms with van der Waals surface area (Å²) in [5.41, 5.74) is 0. The molecule has 0 aliphatic heterocycles. The fraction of sp³-hybridized carbons (Fsp3) is 1.00. The van der Waals surface area contributed by atoms with Crippen molar-refractivity contribution in [2.75, 3.05) is 13.7 Å². The van der Waals surface area contributed by atoms with Crippen molar-refractivity contribution in [1.82, 2.24) is 5.32 Å². The lowest BCUT2D eigenvalue weighted by Crippen LogP contribution is -2.40. The van der Waals surface area contributed by atoms with E-state index in [9.17, 15) is 0 Å². The lowest BCUT2D eigenvalue weighted by Gasteiger charge is -2.26. The molecule has 0 heterocycles. The minimum atomic E-state index is 0.323. The largest absolute Gasteiger partial charge is 0.380 e. The van der Waals surface area contributed by atoms with Crippen LogP contribution < -0.4 is 5.32 Å². The highest BCUT2D eigenvalue weighted by Gasteiger charge is 2.39. The Morgan fingerprint density at radius 2 is 2.07 bits per heavy atom. The number of methoxy groups -OCH3 is 1. The molecule has 88 valence electrons. The van der Waals surface area contributed by atoms with E-state index >= 15 is 0 Å². The highest BCUT2D eigenvalue weighted by molar-refractivity contribution is 4.91. The van der Waals surface area contributed by atoms with Crippen LogP contribution in [-0.2, 0) is 4.74 Å². The quantitative estimate of drug-likeness (QED) is 0.754. The first kappa shape index (κ1) is 11.4. The molecule has 0 aromatic rings. The van der Waals surface area contributed by atoms with E-state index in [2.05, 4.69) is 19.2 Å². The SMILES string of the molecule is COC(C)C(C)NCC1CC2CCC1C2. The van der Waals surface area contributed by atoms with Gasteiger partial charge in [0, 0.05) is 13.2 Å². The van der Waals surface area contributed by atoms with Gasteiger partial charge in [-0.15, -0.1) is 0 Å². The van der Waals surface area contributed by atoms with E-state index in [1.165, 1.54) is 32.2 Å². The van der Waals surface area contributed by atoms with Crippen LogP contribution in [0.2, 0.25) is 0 Å². The van der Waals surface area contributed by atoms with E-state index in [-0.39, 0.29) is 0 Å². The lowest BCUT2D eigenvalue weighted by molar-refractivity contribution is 0.0859. The van der Waals surface area contributed by atoms with E-state index in [0.717, 1.165) is 17.8 Å². The number of ether oxygens (including phenoxy) is 1. The molecule has 2 bridgehead atoms. The molecular formula is C13H25NO. The molecule has 2 nitrogen and oxygen atoms in total. The molecule has 5 unspecified atom stereocenters. The molecule has 2 saturated carbocycles. The van der Waals surface area contributed by atoms with Gasteiger partial charge in [-0.2, -0.15) is 0 Å². The third-order valence-corrected chi connectivity index (χ3v) is 4.66. The van der Waals surface area contributed by atoms with E-state index in [4.69, 9.17) is 4.74 Å². The Hall–Kier alpha value is -0.0800. The van der Waals surface area contributed by atoms with Crippen LogP contribution in [-0.4, -0.2) is 25.8 Å². The molecule has 2 aliphatic carbocycles. The van der Waals surface area contributed by atoms with E-state index < -0.39 is 0 Å². The van der Waals surface area contributed by atoms with Gasteiger partial charge in [-0.25, -0.2) is 0 Å². The highest BCUT2D eigenvalue weighted by atomic mass is 16.5. The number of rotatable bonds is 5. The smallest absolute Gasteiger partial charge is 0.0693 e. The summed E-state index contributed by atoms with van der Waals surface area (Å²) in [5, 5.41) is 3.64. The van der Waals surface area contributed by atoms with Gasteiger partial charge >= 0.3 is 0 Å². The summed E-state index contributed by atoms with van der Waals surface area (Å²) in [6.45, 7) is 5.57. The minimum Gasteiger partial charge on any atom is -0.380 e. The standard InChI is InChI=1S/C13H25NO/c1-9(10(2)15-3)14-8-13-7-11-4-5-12(13)6-11/h9-14H,4-8H2,1-3H3. The van der Waals surface area contributed by atoms with E-state index in [1.807, 2.05) is 0 Å². The first-order valence-electron chi connectivity index (χ1n) is 6.47. The van der Waals surface area contributed by atoms with Gasteiger partial charge < -0.3 is 10.1 Å². The third kappa shape index (κ3) is 2.54. The van der Waals surface area contributed by atoms with Gasteiger partial charge in [0.05, 0.1) is 6.10 Å². The summed E-state index contributed by atoms with van der Waals surface area (Å²) < 4.78 is 5.33. The molecule has 2 heteroatoms. The second-order valence-electron chi connectivity index (χ2n) is 5.57. The van der Waals surface area contributed by atoms with Crippen molar-refractivity contribution in [1.29, 1.82) is 0 Å². The zero-order chi connectivity index (χ0) is 10.8. The van der Waals surface area contributed by atoms with Crippen LogP contribution in [0.4, 0.5) is 0 Å². The van der Waals surface area contributed by atoms with Crippen LogP contribution in [0.25, 0.3) is 0 Å². The molecular weight excluding hydrogens is 186 g/mol. The van der Waals surface area contributed by atoms with E-state index in [0.29, 0.717) is 12.1 Å². The molecule has 2 fully saturated rings. The van der Waals surface area contributed by atoms with Crippen LogP contribution in [0.3, 0.4) is 0 Å². The predicted octanol–water partition coefficient (Wildman–Crippen LogP) is 2.44. The molecule has 15 heavy (non-hydrogen) atoms. The predicted molar refractivity (Wildman–Crippen MR) is 62.9 cm³/mol. The third-order valence-electron chi connectivity index (χ3n) is 4.66. The first-order valence-corrected chi connectivity index (χ1v) is 6.47. The Morgan fingerprint density at radius 3 is 2.60 bits per heavy atom. The van der Waals surface area contributed by atoms with Crippen molar-refractivity contribution in [3.8, 4) is 0 Å². The molecule has 0 spiro atoms. The molecule has 0 aromatic carbocycles. The van der Waals surface area contributed by atoms with Crippen LogP contribution >= 0.6 is 0 Å². The zero-order valence-electron chi connectivity index (χ0n) is 10.3. The summed E-state index contributed by atoms with van der Waals surface area (Å²) in [5.74, 6) is 3.06. The average molecular weight is 211 g/mol. The number of hydrogen-bond acceptors (Lipinski definition) is 2. The van der Waals surface area contributed by atoms with Crippen LogP contribution in [0.15, 0.2) is 0 Å². The van der Waals surface area contributed by atoms with Crippen molar-refractivity contribution in [2.45, 2.75) is 51.7 Å². The van der Waals surface area contributed by atoms with Gasteiger partial charge in [0.25, 0.3) is 0 Å². The van der Waals surface area contributed by atoms with Crippen molar-refractivity contribution >= 4 is 0 Å². The summed E-state index contributed by atoms with van der Waals surface area (Å²) in [6, 6.07) is 0.481. The molecule has 2 rings (SSSR count). The summed E-state index contributed by atoms with van der Waals surface area (Å²) in [4.78, 5) is 0. The van der Waals surface area contributed by atoms with E-state index in [1.54, 1.807) is 7.11 Å². The van der Waals surface area contributed by atoms with Gasteiger partial charge in [-0.1, -0.05) is 6.42 Å². The molecule has 0 aromatic heterocycles. The molecule has 0 amide bonds. The lowest BCUT2D eigenvalue weighted by atomic mass is 9.88. The minimum absolute atomic E-state index is 0.323. The Bertz CT molecular complexity index is 207. The second-order valence-corrected chi connectivity index (χ2v) is 5.57. The zero-order valence-corrected chi connectivity index (χ0v) is 10.3. The normalized spacial score (nSPS) is 38.2. The Morgan fingerprint density at radius 1 is 1.27 bits per heavy atom. The van der Waals surface area contributed by atoms with Crippen molar-refractivity contribution < 1.29 is 4.74 Å². The summed E-state index contributed by atoms with van der Waals surface area (Å²) in [7, 11) is 1.79. The van der Waals surface area contributed by atoms with Crippen LogP contribution in [0.1, 0.15) is 39.5 Å². The monoisotopic (exact) mass is 211 g/mol. The molecule has 2 aliphatic rings. The van der Waals surface area contributed by atoms with Gasteiger partial charge in [0.1, 0.15) is 0 Å². The molecule has 1 N–H and O–H groups in total. The van der Waals surface area contributed by atoms with Gasteiger partial charge in [0.2, 0.25) is 0 Å². The topological polar surface area (TPSA) is 21.3 Å². The van der Waals surface area contributed by atoms with Crippen molar-refractivity contribution in [3.05, 3.63) is 0 Å². The Labute approximate surface area is 93.8 Å². The fourth-order valence-electron chi connectivity index (χ4n) is 3.33. The number of nitrogens with one attached hydrogen (secondary N) is 1. The van der Waals surface area contributed by atoms with Gasteiger partial charge in [-0.3, -0.25) is 0 Å². The van der Waals surface area contributed by atoms with Crippen molar-refractivity contribution in [3.63, 3.8) is 0 Å². The van der Waals surface area contributed by atoms with Crippen LogP contribution in [0.5, 0.6) is 0 Å². The first-order chi connectivity index (χ1) is 7.20. The van der Waals surface area contributed by atoms with Crippen LogP contribution in [0, 0.1) is 17.8 Å². The summed E-state index contributed by atoms with van der Waals surface area (Å²) in [6.07, 6.45) is 6.31. The average Bonchev–Trinajstić information content (AvgIpc) is 2.86. The molecule has 0 radical (unpaired) electrons. The highest BCUT2D eigenvalue weighted by Crippen LogP contribution is 2.47.